The van der Waals surface area contributed by atoms with Crippen LogP contribution in [0.1, 0.15) is 26.3 Å². The van der Waals surface area contributed by atoms with Gasteiger partial charge >= 0.3 is 6.09 Å². The van der Waals surface area contributed by atoms with E-state index < -0.39 is 39.5 Å². The maximum absolute atomic E-state index is 13.5. The van der Waals surface area contributed by atoms with Gasteiger partial charge in [-0.3, -0.25) is 4.79 Å². The van der Waals surface area contributed by atoms with Crippen LogP contribution in [-0.2, 0) is 25.8 Å². The summed E-state index contributed by atoms with van der Waals surface area (Å²) < 4.78 is 30.1. The minimum atomic E-state index is -3.26. The van der Waals surface area contributed by atoms with Gasteiger partial charge in [-0.15, -0.1) is 0 Å². The third-order valence-corrected chi connectivity index (χ3v) is 9.48. The van der Waals surface area contributed by atoms with Crippen molar-refractivity contribution >= 4 is 67.7 Å². The highest BCUT2D eigenvalue weighted by Crippen LogP contribution is 2.43. The van der Waals surface area contributed by atoms with E-state index in [2.05, 4.69) is 10.3 Å². The number of ether oxygens (including phenoxy) is 1. The number of hydrogen-bond acceptors (Lipinski definition) is 6. The molecule has 2 heterocycles. The van der Waals surface area contributed by atoms with Gasteiger partial charge in [0.1, 0.15) is 11.6 Å². The Balaban J connectivity index is 1.68. The molecule has 1 N–H and O–H groups in total. The van der Waals surface area contributed by atoms with Gasteiger partial charge in [0.25, 0.3) is 5.91 Å². The molecule has 0 aromatic heterocycles. The number of alkyl carbamates (subject to hydrolysis) is 1. The molecule has 3 unspecified atom stereocenters. The normalized spacial score (nSPS) is 22.5. The van der Waals surface area contributed by atoms with Crippen LogP contribution in [-0.4, -0.2) is 60.0 Å². The van der Waals surface area contributed by atoms with Crippen LogP contribution >= 0.6 is 35.0 Å². The second kappa shape index (κ2) is 10.8. The lowest BCUT2D eigenvalue weighted by molar-refractivity contribution is -0.119. The number of nitrogens with zero attached hydrogens (tertiary/aromatic N) is 2. The Kier molecular flexibility index (Phi) is 8.13. The highest BCUT2D eigenvalue weighted by atomic mass is 35.5. The van der Waals surface area contributed by atoms with Crippen LogP contribution in [0.25, 0.3) is 0 Å². The van der Waals surface area contributed by atoms with Crippen molar-refractivity contribution < 1.29 is 22.7 Å². The molecule has 2 saturated heterocycles. The van der Waals surface area contributed by atoms with Gasteiger partial charge in [0.15, 0.2) is 15.0 Å². The van der Waals surface area contributed by atoms with Crippen LogP contribution in [0.2, 0.25) is 10.0 Å². The summed E-state index contributed by atoms with van der Waals surface area (Å²) in [5.74, 6) is -0.721. The van der Waals surface area contributed by atoms with E-state index in [1.165, 1.54) is 11.8 Å². The maximum Gasteiger partial charge on any atom is 0.408 e. The molecule has 4 rings (SSSR count). The molecule has 0 bridgehead atoms. The van der Waals surface area contributed by atoms with Crippen LogP contribution in [0.3, 0.4) is 0 Å². The van der Waals surface area contributed by atoms with Gasteiger partial charge in [0.05, 0.1) is 28.3 Å². The number of thioether (sulfide) groups is 1. The quantitative estimate of drug-likeness (QED) is 0.542. The number of amidine groups is 1. The molecular weight excluding hydrogens is 557 g/mol. The molecule has 198 valence electrons. The zero-order chi connectivity index (χ0) is 27.0. The van der Waals surface area contributed by atoms with Gasteiger partial charge in [0.2, 0.25) is 0 Å². The van der Waals surface area contributed by atoms with E-state index in [-0.39, 0.29) is 23.2 Å². The average Bonchev–Trinajstić information content (AvgIpc) is 3.25. The first-order chi connectivity index (χ1) is 17.3. The van der Waals surface area contributed by atoms with Gasteiger partial charge in [-0.2, -0.15) is 4.99 Å². The molecule has 2 fully saturated rings. The summed E-state index contributed by atoms with van der Waals surface area (Å²) >= 11 is 13.9. The average molecular weight is 585 g/mol. The highest BCUT2D eigenvalue weighted by Gasteiger charge is 2.50. The first-order valence-electron chi connectivity index (χ1n) is 11.6. The molecule has 2 aliphatic heterocycles. The summed E-state index contributed by atoms with van der Waals surface area (Å²) in [6.07, 6.45) is -0.543. The van der Waals surface area contributed by atoms with Crippen molar-refractivity contribution in [2.75, 3.05) is 16.4 Å². The molecule has 2 aromatic carbocycles. The number of sulfone groups is 1. The molecule has 8 nitrogen and oxygen atoms in total. The summed E-state index contributed by atoms with van der Waals surface area (Å²) in [5, 5.41) is 3.39. The lowest BCUT2D eigenvalue weighted by Gasteiger charge is -2.26. The Bertz CT molecular complexity index is 1330. The van der Waals surface area contributed by atoms with E-state index >= 15 is 0 Å². The maximum atomic E-state index is 13.5. The summed E-state index contributed by atoms with van der Waals surface area (Å²) in [5.41, 5.74) is 0.548. The van der Waals surface area contributed by atoms with Crippen molar-refractivity contribution in [1.29, 1.82) is 0 Å². The number of fused-ring (bicyclic) bond motifs is 1. The first kappa shape index (κ1) is 27.8. The first-order valence-corrected chi connectivity index (χ1v) is 15.0. The molecule has 2 aliphatic rings. The van der Waals surface area contributed by atoms with Gasteiger partial charge in [-0.25, -0.2) is 13.2 Å². The molecule has 0 radical (unpaired) electrons. The number of halogens is 2. The van der Waals surface area contributed by atoms with Crippen molar-refractivity contribution in [3.8, 4) is 0 Å². The van der Waals surface area contributed by atoms with E-state index in [0.29, 0.717) is 20.9 Å². The number of benzene rings is 2. The van der Waals surface area contributed by atoms with Crippen LogP contribution in [0.5, 0.6) is 0 Å². The summed E-state index contributed by atoms with van der Waals surface area (Å²) in [4.78, 5) is 32.1. The Morgan fingerprint density at radius 2 is 1.86 bits per heavy atom. The monoisotopic (exact) mass is 583 g/mol. The van der Waals surface area contributed by atoms with Crippen molar-refractivity contribution in [1.82, 2.24) is 5.32 Å². The van der Waals surface area contributed by atoms with E-state index in [4.69, 9.17) is 27.9 Å². The SMILES string of the molecule is CC(C)(C)OC(=O)NC(Cc1ccccc1)C(=O)N=C1SC2CS(=O)(=O)CC2N1c1cc(Cl)ccc1Cl. The predicted octanol–water partition coefficient (Wildman–Crippen LogP) is 4.73. The number of amides is 2. The molecule has 0 aliphatic carbocycles. The fourth-order valence-corrected chi connectivity index (χ4v) is 8.48. The number of anilines is 1. The molecule has 3 atom stereocenters. The molecule has 2 amide bonds. The van der Waals surface area contributed by atoms with Crippen molar-refractivity contribution in [3.63, 3.8) is 0 Å². The van der Waals surface area contributed by atoms with E-state index in [1.807, 2.05) is 30.3 Å². The molecule has 2 aromatic rings. The van der Waals surface area contributed by atoms with Gasteiger partial charge in [-0.1, -0.05) is 65.3 Å². The van der Waals surface area contributed by atoms with E-state index in [9.17, 15) is 18.0 Å². The summed E-state index contributed by atoms with van der Waals surface area (Å²) in [6, 6.07) is 12.6. The van der Waals surface area contributed by atoms with E-state index in [0.717, 1.165) is 5.56 Å². The lowest BCUT2D eigenvalue weighted by Crippen LogP contribution is -2.45. The fourth-order valence-electron chi connectivity index (χ4n) is 4.19. The predicted molar refractivity (Wildman–Crippen MR) is 149 cm³/mol. The fraction of sp³-hybridized carbons (Fsp3) is 0.400. The van der Waals surface area contributed by atoms with Gasteiger partial charge in [-0.05, 0) is 44.5 Å². The number of rotatable bonds is 5. The van der Waals surface area contributed by atoms with Gasteiger partial charge in [0, 0.05) is 16.7 Å². The molecule has 37 heavy (non-hydrogen) atoms. The minimum absolute atomic E-state index is 0.0339. The number of aliphatic imine (C=N–C) groups is 1. The van der Waals surface area contributed by atoms with Crippen LogP contribution in [0, 0.1) is 0 Å². The topological polar surface area (TPSA) is 105 Å². The second-order valence-electron chi connectivity index (χ2n) is 9.89. The van der Waals surface area contributed by atoms with Crippen LogP contribution < -0.4 is 10.2 Å². The van der Waals surface area contributed by atoms with Crippen LogP contribution in [0.15, 0.2) is 53.5 Å². The number of hydrogen-bond donors (Lipinski definition) is 1. The number of nitrogens with one attached hydrogen (secondary N) is 1. The molecule has 0 saturated carbocycles. The molecule has 0 spiro atoms. The summed E-state index contributed by atoms with van der Waals surface area (Å²) in [6.45, 7) is 5.19. The third kappa shape index (κ3) is 6.98. The molecular formula is C25H27Cl2N3O5S2. The van der Waals surface area contributed by atoms with E-state index in [1.54, 1.807) is 43.9 Å². The molecule has 12 heteroatoms. The zero-order valence-corrected chi connectivity index (χ0v) is 23.6. The standard InChI is InChI=1S/C25H27Cl2N3O5S2/c1-25(2,3)35-24(32)28-18(11-15-7-5-4-6-8-15)22(31)29-23-30(19-12-16(26)9-10-17(19)27)20-13-37(33,34)14-21(20)36-23/h4-10,12,18,20-21H,11,13-14H2,1-3H3,(H,28,32). The number of carbonyl (C=O) groups excluding carboxylic acids is 2. The Labute approximate surface area is 230 Å². The zero-order valence-electron chi connectivity index (χ0n) is 20.5. The van der Waals surface area contributed by atoms with Crippen molar-refractivity contribution in [3.05, 3.63) is 64.1 Å². The Morgan fingerprint density at radius 3 is 2.54 bits per heavy atom. The van der Waals surface area contributed by atoms with Crippen molar-refractivity contribution in [2.24, 2.45) is 4.99 Å². The number of carbonyl (C=O) groups is 2. The Hall–Kier alpha value is -2.27. The lowest BCUT2D eigenvalue weighted by atomic mass is 10.1. The smallest absolute Gasteiger partial charge is 0.408 e. The Morgan fingerprint density at radius 1 is 1.16 bits per heavy atom. The highest BCUT2D eigenvalue weighted by molar-refractivity contribution is 8.16. The minimum Gasteiger partial charge on any atom is -0.444 e. The summed E-state index contributed by atoms with van der Waals surface area (Å²) in [7, 11) is -3.26. The third-order valence-electron chi connectivity index (χ3n) is 5.71. The largest absolute Gasteiger partial charge is 0.444 e. The second-order valence-corrected chi connectivity index (χ2v) is 14.1. The van der Waals surface area contributed by atoms with Crippen molar-refractivity contribution in [2.45, 2.75) is 50.1 Å². The van der Waals surface area contributed by atoms with Gasteiger partial charge < -0.3 is 15.0 Å². The van der Waals surface area contributed by atoms with Crippen LogP contribution in [0.4, 0.5) is 10.5 Å².